The van der Waals surface area contributed by atoms with Crippen molar-refractivity contribution in [3.05, 3.63) is 139 Å². The van der Waals surface area contributed by atoms with Crippen molar-refractivity contribution in [2.75, 3.05) is 0 Å². The lowest BCUT2D eigenvalue weighted by Crippen LogP contribution is -2.40. The fourth-order valence-electron chi connectivity index (χ4n) is 11.0. The number of fused-ring (bicyclic) bond motifs is 12. The van der Waals surface area contributed by atoms with Crippen LogP contribution in [-0.2, 0) is 11.2 Å². The van der Waals surface area contributed by atoms with Crippen molar-refractivity contribution in [1.82, 2.24) is 9.97 Å². The number of ether oxygens (including phenoxy) is 2. The molecule has 10 heteroatoms. The highest BCUT2D eigenvalue weighted by Gasteiger charge is 2.49. The van der Waals surface area contributed by atoms with Gasteiger partial charge in [0, 0.05) is 44.5 Å². The van der Waals surface area contributed by atoms with Gasteiger partial charge in [0.1, 0.15) is 21.2 Å². The summed E-state index contributed by atoms with van der Waals surface area (Å²) in [7, 11) is 0. The number of carbonyl (C=O) groups excluding carboxylic acids is 4. The second-order valence-corrected chi connectivity index (χ2v) is 19.6. The minimum atomic E-state index is -0.602. The highest BCUT2D eigenvalue weighted by atomic mass is 32.1. The third kappa shape index (κ3) is 5.16. The predicted molar refractivity (Wildman–Crippen MR) is 241 cm³/mol. The molecule has 0 radical (unpaired) electrons. The van der Waals surface area contributed by atoms with E-state index in [2.05, 4.69) is 12.1 Å². The summed E-state index contributed by atoms with van der Waals surface area (Å²) in [6.07, 6.45) is 12.9. The molecule has 2 spiro atoms. The van der Waals surface area contributed by atoms with Crippen LogP contribution in [0.4, 0.5) is 0 Å². The SMILES string of the molecule is O=C1C(=Cc2nc3c(s2)-c2cc4c(cc2C2(CCCCC2)O3)-c2sc(C=C3C(=O)c5cc6ccccc6cc5C3=O)nc2OC42CCCCC2)C(=O)c2cc3ccccc3cc21. The summed E-state index contributed by atoms with van der Waals surface area (Å²) in [5.41, 5.74) is 5.07. The number of carbonyl (C=O) groups is 4. The number of nitrogens with zero attached hydrogens (tertiary/aromatic N) is 2. The summed E-state index contributed by atoms with van der Waals surface area (Å²) >= 11 is 2.90. The molecule has 4 heterocycles. The Morgan fingerprint density at radius 3 is 1.13 bits per heavy atom. The molecule has 0 saturated heterocycles. The van der Waals surface area contributed by atoms with Gasteiger partial charge in [0.2, 0.25) is 11.8 Å². The molecule has 2 fully saturated rings. The van der Waals surface area contributed by atoms with Gasteiger partial charge >= 0.3 is 0 Å². The standard InChI is InChI=1S/C52H36N2O6S2/c55-43-31-19-27-11-3-4-12-28(27)20-32(31)44(56)37(43)25-41-53-49-47(61-41)35-24-40-36(23-39(35)51(59-49)15-7-1-8-16-51)48-50(60-52(40)17-9-2-10-18-52)54-42(62-48)26-38-45(57)33-21-29-13-5-6-14-30(29)22-34(33)46(38)58/h3-6,11-14,19-26H,1-2,7-10,15-18H2. The molecule has 0 bridgehead atoms. The Balaban J connectivity index is 0.934. The number of benzene rings is 5. The maximum atomic E-state index is 13.8. The van der Waals surface area contributed by atoms with E-state index in [9.17, 15) is 19.2 Å². The van der Waals surface area contributed by atoms with Gasteiger partial charge in [-0.1, -0.05) is 61.4 Å². The van der Waals surface area contributed by atoms with E-state index in [0.717, 1.165) is 118 Å². The first-order chi connectivity index (χ1) is 30.3. The zero-order valence-corrected chi connectivity index (χ0v) is 35.1. The lowest BCUT2D eigenvalue weighted by molar-refractivity contribution is 0.0162. The van der Waals surface area contributed by atoms with Gasteiger partial charge in [-0.15, -0.1) is 22.7 Å². The van der Waals surface area contributed by atoms with E-state index in [-0.39, 0.29) is 34.3 Å². The van der Waals surface area contributed by atoms with Gasteiger partial charge in [-0.25, -0.2) is 9.97 Å². The summed E-state index contributed by atoms with van der Waals surface area (Å²) in [4.78, 5) is 67.0. The first-order valence-corrected chi connectivity index (χ1v) is 23.2. The van der Waals surface area contributed by atoms with E-state index < -0.39 is 11.2 Å². The van der Waals surface area contributed by atoms with E-state index in [1.807, 2.05) is 72.8 Å². The van der Waals surface area contributed by atoms with Gasteiger partial charge < -0.3 is 9.47 Å². The number of hydrogen-bond acceptors (Lipinski definition) is 10. The van der Waals surface area contributed by atoms with Crippen molar-refractivity contribution < 1.29 is 28.7 Å². The lowest BCUT2D eigenvalue weighted by atomic mass is 9.71. The Morgan fingerprint density at radius 2 is 0.790 bits per heavy atom. The molecular formula is C52H36N2O6S2. The summed E-state index contributed by atoms with van der Waals surface area (Å²) in [6, 6.07) is 27.4. The normalized spacial score (nSPS) is 18.9. The first-order valence-electron chi connectivity index (χ1n) is 21.5. The molecule has 4 aliphatic carbocycles. The van der Waals surface area contributed by atoms with Crippen LogP contribution in [0.25, 0.3) is 54.6 Å². The van der Waals surface area contributed by atoms with Crippen molar-refractivity contribution in [2.24, 2.45) is 0 Å². The van der Waals surface area contributed by atoms with Crippen molar-refractivity contribution >= 4 is 79.5 Å². The van der Waals surface area contributed by atoms with Gasteiger partial charge in [0.15, 0.2) is 23.1 Å². The highest BCUT2D eigenvalue weighted by Crippen LogP contribution is 2.59. The molecule has 2 aromatic heterocycles. The predicted octanol–water partition coefficient (Wildman–Crippen LogP) is 12.3. The molecular weight excluding hydrogens is 813 g/mol. The van der Waals surface area contributed by atoms with E-state index >= 15 is 0 Å². The van der Waals surface area contributed by atoms with Crippen molar-refractivity contribution in [1.29, 1.82) is 0 Å². The third-order valence-corrected chi connectivity index (χ3v) is 16.1. The average Bonchev–Trinajstić information content (AvgIpc) is 4.02. The largest absolute Gasteiger partial charge is 0.465 e. The summed E-state index contributed by atoms with van der Waals surface area (Å²) in [5, 5.41) is 4.78. The molecule has 8 nitrogen and oxygen atoms in total. The fourth-order valence-corrected chi connectivity index (χ4v) is 12.9. The Kier molecular flexibility index (Phi) is 7.66. The second kappa shape index (κ2) is 13.1. The number of hydrogen-bond donors (Lipinski definition) is 0. The molecule has 0 amide bonds. The van der Waals surface area contributed by atoms with E-state index in [1.54, 1.807) is 12.2 Å². The van der Waals surface area contributed by atoms with Gasteiger partial charge in [-0.2, -0.15) is 0 Å². The topological polar surface area (TPSA) is 113 Å². The summed E-state index contributed by atoms with van der Waals surface area (Å²) < 4.78 is 14.1. The van der Waals surface area contributed by atoms with E-state index in [1.165, 1.54) is 22.7 Å². The summed E-state index contributed by atoms with van der Waals surface area (Å²) in [6.45, 7) is 0. The molecule has 0 atom stereocenters. The smallest absolute Gasteiger partial charge is 0.234 e. The van der Waals surface area contributed by atoms with E-state index in [4.69, 9.17) is 19.4 Å². The van der Waals surface area contributed by atoms with Gasteiger partial charge in [-0.05, 0) is 121 Å². The van der Waals surface area contributed by atoms with Crippen LogP contribution in [0.3, 0.4) is 0 Å². The molecule has 6 aliphatic rings. The Hall–Kier alpha value is -6.36. The number of rotatable bonds is 2. The molecule has 0 unspecified atom stereocenters. The van der Waals surface area contributed by atoms with Gasteiger partial charge in [-0.3, -0.25) is 19.2 Å². The number of allylic oxidation sites excluding steroid dienone is 2. The van der Waals surface area contributed by atoms with Crippen LogP contribution in [0.2, 0.25) is 0 Å². The van der Waals surface area contributed by atoms with Crippen LogP contribution < -0.4 is 9.47 Å². The molecule has 62 heavy (non-hydrogen) atoms. The van der Waals surface area contributed by atoms with Crippen LogP contribution in [0.1, 0.15) is 127 Å². The maximum absolute atomic E-state index is 13.8. The van der Waals surface area contributed by atoms with Crippen LogP contribution in [0, 0.1) is 0 Å². The van der Waals surface area contributed by atoms with Crippen LogP contribution in [-0.4, -0.2) is 33.1 Å². The molecule has 5 aromatic carbocycles. The lowest BCUT2D eigenvalue weighted by Gasteiger charge is -2.45. The summed E-state index contributed by atoms with van der Waals surface area (Å²) in [5.74, 6) is -0.0498. The number of Topliss-reactive ketones (excluding diaryl/α,β-unsaturated/α-hetero) is 4. The molecule has 302 valence electrons. The monoisotopic (exact) mass is 848 g/mol. The maximum Gasteiger partial charge on any atom is 0.234 e. The fraction of sp³-hybridized carbons (Fsp3) is 0.231. The molecule has 7 aromatic rings. The Morgan fingerprint density at radius 1 is 0.452 bits per heavy atom. The van der Waals surface area contributed by atoms with Gasteiger partial charge in [0.05, 0.1) is 20.9 Å². The van der Waals surface area contributed by atoms with E-state index in [0.29, 0.717) is 44.0 Å². The van der Waals surface area contributed by atoms with Crippen molar-refractivity contribution in [2.45, 2.75) is 75.4 Å². The van der Waals surface area contributed by atoms with Crippen LogP contribution in [0.15, 0.2) is 96.1 Å². The number of thiazole rings is 2. The molecule has 0 N–H and O–H groups in total. The Bertz CT molecular complexity index is 2970. The molecule has 2 saturated carbocycles. The minimum Gasteiger partial charge on any atom is -0.465 e. The van der Waals surface area contributed by atoms with Crippen molar-refractivity contribution in [3.8, 4) is 32.6 Å². The first kappa shape index (κ1) is 36.3. The zero-order valence-electron chi connectivity index (χ0n) is 33.5. The van der Waals surface area contributed by atoms with Gasteiger partial charge in [0.25, 0.3) is 0 Å². The molecule has 13 rings (SSSR count). The Labute approximate surface area is 364 Å². The minimum absolute atomic E-state index is 0.121. The van der Waals surface area contributed by atoms with Crippen LogP contribution in [0.5, 0.6) is 11.8 Å². The zero-order chi connectivity index (χ0) is 41.5. The average molecular weight is 849 g/mol. The number of aromatic nitrogens is 2. The third-order valence-electron chi connectivity index (χ3n) is 14.0. The highest BCUT2D eigenvalue weighted by molar-refractivity contribution is 7.17. The van der Waals surface area contributed by atoms with Crippen LogP contribution >= 0.6 is 22.7 Å². The number of ketones is 4. The second-order valence-electron chi connectivity index (χ2n) is 17.6. The quantitative estimate of drug-likeness (QED) is 0.125. The van der Waals surface area contributed by atoms with Crippen molar-refractivity contribution in [3.63, 3.8) is 0 Å². The molecule has 2 aliphatic heterocycles.